The fourth-order valence-corrected chi connectivity index (χ4v) is 1.95. The minimum atomic E-state index is -3.15. The minimum absolute atomic E-state index is 0.0328. The van der Waals surface area contributed by atoms with Gasteiger partial charge in [-0.3, -0.25) is 4.79 Å². The summed E-state index contributed by atoms with van der Waals surface area (Å²) < 4.78 is 21.8. The van der Waals surface area contributed by atoms with Gasteiger partial charge in [-0.05, 0) is 6.42 Å². The summed E-state index contributed by atoms with van der Waals surface area (Å²) in [6.45, 7) is -0.312. The summed E-state index contributed by atoms with van der Waals surface area (Å²) in [5, 5.41) is 17.5. The van der Waals surface area contributed by atoms with Crippen molar-refractivity contribution in [2.75, 3.05) is 38.3 Å². The van der Waals surface area contributed by atoms with Gasteiger partial charge in [0.15, 0.2) is 0 Å². The van der Waals surface area contributed by atoms with Crippen molar-refractivity contribution in [3.8, 4) is 0 Å². The van der Waals surface area contributed by atoms with Crippen LogP contribution in [0.5, 0.6) is 0 Å². The number of nitrogens with two attached hydrogens (primary N) is 1. The fourth-order valence-electron chi connectivity index (χ4n) is 1.27. The second kappa shape index (κ2) is 7.59. The monoisotopic (exact) mass is 268 g/mol. The van der Waals surface area contributed by atoms with Crippen LogP contribution in [0.4, 0.5) is 0 Å². The molecule has 8 heteroatoms. The second-order valence-electron chi connectivity index (χ2n) is 3.80. The Bertz CT molecular complexity index is 324. The third-order valence-corrected chi connectivity index (χ3v) is 3.15. The normalized spacial score (nSPS) is 13.4. The molecule has 0 aromatic rings. The summed E-state index contributed by atoms with van der Waals surface area (Å²) in [4.78, 5) is 12.9. The summed E-state index contributed by atoms with van der Waals surface area (Å²) in [7, 11) is -3.15. The van der Waals surface area contributed by atoms with Gasteiger partial charge in [-0.25, -0.2) is 8.42 Å². The van der Waals surface area contributed by atoms with Crippen molar-refractivity contribution >= 4 is 15.7 Å². The van der Waals surface area contributed by atoms with Crippen LogP contribution in [0.3, 0.4) is 0 Å². The number of rotatable bonds is 8. The molecule has 0 heterocycles. The molecule has 0 aromatic heterocycles. The predicted octanol–water partition coefficient (Wildman–Crippen LogP) is -2.44. The van der Waals surface area contributed by atoms with Gasteiger partial charge >= 0.3 is 0 Å². The third kappa shape index (κ3) is 7.27. The van der Waals surface area contributed by atoms with Crippen molar-refractivity contribution in [1.29, 1.82) is 0 Å². The number of aliphatic hydroxyl groups is 2. The zero-order chi connectivity index (χ0) is 13.5. The van der Waals surface area contributed by atoms with Crippen LogP contribution in [0.1, 0.15) is 6.42 Å². The molecule has 0 aromatic carbocycles. The Morgan fingerprint density at radius 1 is 1.29 bits per heavy atom. The molecular formula is C9H20N2O5S. The lowest BCUT2D eigenvalue weighted by molar-refractivity contribution is -0.133. The van der Waals surface area contributed by atoms with Crippen LogP contribution in [0, 0.1) is 0 Å². The van der Waals surface area contributed by atoms with Gasteiger partial charge in [-0.1, -0.05) is 0 Å². The molecule has 0 aliphatic rings. The van der Waals surface area contributed by atoms with Crippen molar-refractivity contribution in [1.82, 2.24) is 4.90 Å². The van der Waals surface area contributed by atoms with Crippen LogP contribution in [0.2, 0.25) is 0 Å². The molecule has 0 aliphatic heterocycles. The van der Waals surface area contributed by atoms with Crippen LogP contribution in [0.15, 0.2) is 0 Å². The number of carbonyl (C=O) groups excluding carboxylic acids is 1. The first-order valence-electron chi connectivity index (χ1n) is 5.25. The van der Waals surface area contributed by atoms with E-state index in [0.29, 0.717) is 0 Å². The lowest BCUT2D eigenvalue weighted by Gasteiger charge is -2.24. The largest absolute Gasteiger partial charge is 0.395 e. The van der Waals surface area contributed by atoms with E-state index in [2.05, 4.69) is 0 Å². The summed E-state index contributed by atoms with van der Waals surface area (Å²) in [6, 6.07) is -0.928. The smallest absolute Gasteiger partial charge is 0.239 e. The van der Waals surface area contributed by atoms with Crippen LogP contribution in [-0.4, -0.2) is 73.8 Å². The van der Waals surface area contributed by atoms with Gasteiger partial charge in [0.25, 0.3) is 0 Å². The maximum atomic E-state index is 11.7. The van der Waals surface area contributed by atoms with E-state index in [-0.39, 0.29) is 38.5 Å². The Morgan fingerprint density at radius 2 is 1.76 bits per heavy atom. The summed E-state index contributed by atoms with van der Waals surface area (Å²) >= 11 is 0. The van der Waals surface area contributed by atoms with Gasteiger partial charge in [0.2, 0.25) is 5.91 Å². The highest BCUT2D eigenvalue weighted by molar-refractivity contribution is 7.90. The Morgan fingerprint density at radius 3 is 2.12 bits per heavy atom. The van der Waals surface area contributed by atoms with Crippen LogP contribution >= 0.6 is 0 Å². The molecule has 4 N–H and O–H groups in total. The number of amides is 1. The first kappa shape index (κ1) is 16.3. The number of carbonyl (C=O) groups is 1. The Labute approximate surface area is 101 Å². The number of hydrogen-bond donors (Lipinski definition) is 3. The zero-order valence-corrected chi connectivity index (χ0v) is 10.7. The summed E-state index contributed by atoms with van der Waals surface area (Å²) in [6.07, 6.45) is 1.11. The average Bonchev–Trinajstić information content (AvgIpc) is 2.23. The highest BCUT2D eigenvalue weighted by Gasteiger charge is 2.21. The topological polar surface area (TPSA) is 121 Å². The zero-order valence-electron chi connectivity index (χ0n) is 9.87. The van der Waals surface area contributed by atoms with Gasteiger partial charge in [-0.15, -0.1) is 0 Å². The maximum Gasteiger partial charge on any atom is 0.239 e. The molecule has 1 unspecified atom stereocenters. The second-order valence-corrected chi connectivity index (χ2v) is 6.06. The molecule has 1 atom stereocenters. The number of nitrogens with zero attached hydrogens (tertiary/aromatic N) is 1. The number of sulfone groups is 1. The highest BCUT2D eigenvalue weighted by Crippen LogP contribution is 1.99. The van der Waals surface area contributed by atoms with Gasteiger partial charge in [-0.2, -0.15) is 0 Å². The van der Waals surface area contributed by atoms with Crippen LogP contribution in [0.25, 0.3) is 0 Å². The van der Waals surface area contributed by atoms with E-state index in [1.165, 1.54) is 4.90 Å². The molecule has 0 aliphatic carbocycles. The predicted molar refractivity (Wildman–Crippen MR) is 63.1 cm³/mol. The van der Waals surface area contributed by atoms with Crippen LogP contribution in [-0.2, 0) is 14.6 Å². The Kier molecular flexibility index (Phi) is 7.28. The van der Waals surface area contributed by atoms with Gasteiger partial charge in [0.1, 0.15) is 9.84 Å². The molecule has 0 bridgehead atoms. The molecule has 102 valence electrons. The van der Waals surface area contributed by atoms with Crippen molar-refractivity contribution in [2.24, 2.45) is 5.73 Å². The molecule has 0 radical (unpaired) electrons. The number of hydrogen-bond acceptors (Lipinski definition) is 6. The average molecular weight is 268 g/mol. The molecule has 0 rings (SSSR count). The van der Waals surface area contributed by atoms with E-state index >= 15 is 0 Å². The van der Waals surface area contributed by atoms with Gasteiger partial charge < -0.3 is 20.8 Å². The quantitative estimate of drug-likeness (QED) is 0.450. The summed E-state index contributed by atoms with van der Waals surface area (Å²) in [5.41, 5.74) is 5.57. The van der Waals surface area contributed by atoms with E-state index in [1.807, 2.05) is 0 Å². The third-order valence-electron chi connectivity index (χ3n) is 2.17. The molecule has 0 saturated carbocycles. The first-order chi connectivity index (χ1) is 7.81. The lowest BCUT2D eigenvalue weighted by atomic mass is 10.2. The van der Waals surface area contributed by atoms with E-state index < -0.39 is 21.8 Å². The fraction of sp³-hybridized carbons (Fsp3) is 0.889. The molecular weight excluding hydrogens is 248 g/mol. The van der Waals surface area contributed by atoms with E-state index in [9.17, 15) is 13.2 Å². The maximum absolute atomic E-state index is 11.7. The molecule has 0 spiro atoms. The number of aliphatic hydroxyl groups excluding tert-OH is 2. The minimum Gasteiger partial charge on any atom is -0.395 e. The van der Waals surface area contributed by atoms with Crippen molar-refractivity contribution in [3.05, 3.63) is 0 Å². The Hall–Kier alpha value is -0.700. The molecule has 17 heavy (non-hydrogen) atoms. The van der Waals surface area contributed by atoms with E-state index in [0.717, 1.165) is 6.26 Å². The SMILES string of the molecule is CS(=O)(=O)CCC(N)C(=O)N(CCO)CCO. The van der Waals surface area contributed by atoms with Crippen molar-refractivity contribution in [3.63, 3.8) is 0 Å². The highest BCUT2D eigenvalue weighted by atomic mass is 32.2. The first-order valence-corrected chi connectivity index (χ1v) is 7.31. The van der Waals surface area contributed by atoms with Crippen LogP contribution < -0.4 is 5.73 Å². The molecule has 1 amide bonds. The standard InChI is InChI=1S/C9H20N2O5S/c1-17(15,16)7-2-8(10)9(14)11(3-5-12)4-6-13/h8,12-13H,2-7,10H2,1H3. The molecule has 7 nitrogen and oxygen atoms in total. The van der Waals surface area contributed by atoms with Crippen molar-refractivity contribution < 1.29 is 23.4 Å². The van der Waals surface area contributed by atoms with Gasteiger partial charge in [0, 0.05) is 19.3 Å². The molecule has 0 fully saturated rings. The van der Waals surface area contributed by atoms with E-state index in [4.69, 9.17) is 15.9 Å². The summed E-state index contributed by atoms with van der Waals surface area (Å²) in [5.74, 6) is -0.622. The van der Waals surface area contributed by atoms with Crippen molar-refractivity contribution in [2.45, 2.75) is 12.5 Å². The van der Waals surface area contributed by atoms with E-state index in [1.54, 1.807) is 0 Å². The molecule has 0 saturated heterocycles. The lowest BCUT2D eigenvalue weighted by Crippen LogP contribution is -2.46. The van der Waals surface area contributed by atoms with Gasteiger partial charge in [0.05, 0.1) is 25.0 Å². The Balaban J connectivity index is 4.34.